The molecule has 0 aliphatic heterocycles. The minimum Gasteiger partial charge on any atom is -0.330 e. The van der Waals surface area contributed by atoms with Gasteiger partial charge in [0, 0.05) is 13.0 Å². The summed E-state index contributed by atoms with van der Waals surface area (Å²) < 4.78 is 2.02. The molecule has 0 saturated heterocycles. The van der Waals surface area contributed by atoms with E-state index < -0.39 is 0 Å². The molecule has 0 amide bonds. The van der Waals surface area contributed by atoms with Crippen molar-refractivity contribution in [2.24, 2.45) is 23.5 Å². The van der Waals surface area contributed by atoms with E-state index in [-0.39, 0.29) is 0 Å². The quantitative estimate of drug-likeness (QED) is 0.791. The van der Waals surface area contributed by atoms with E-state index in [1.807, 2.05) is 4.68 Å². The molecule has 0 radical (unpaired) electrons. The second-order valence-electron chi connectivity index (χ2n) is 5.69. The van der Waals surface area contributed by atoms with E-state index in [1.165, 1.54) is 0 Å². The van der Waals surface area contributed by atoms with Gasteiger partial charge in [0.05, 0.1) is 0 Å². The van der Waals surface area contributed by atoms with Gasteiger partial charge in [-0.05, 0) is 30.7 Å². The van der Waals surface area contributed by atoms with Gasteiger partial charge in [-0.15, -0.1) is 0 Å². The third kappa shape index (κ3) is 4.86. The Morgan fingerprint density at radius 1 is 1.24 bits per heavy atom. The molecule has 0 spiro atoms. The summed E-state index contributed by atoms with van der Waals surface area (Å²) in [6.07, 6.45) is 3.76. The number of hydrogen-bond acceptors (Lipinski definition) is 3. The second kappa shape index (κ2) is 6.74. The van der Waals surface area contributed by atoms with E-state index in [0.717, 1.165) is 31.8 Å². The highest BCUT2D eigenvalue weighted by atomic mass is 15.3. The standard InChI is InChI=1S/C13H26N4/c1-10(2)5-12(7-14)6-13-15-9-16-17(13)8-11(3)4/h9-12H,5-8,14H2,1-4H3. The van der Waals surface area contributed by atoms with Crippen LogP contribution in [0.5, 0.6) is 0 Å². The molecule has 1 rings (SSSR count). The molecular weight excluding hydrogens is 212 g/mol. The molecule has 2 N–H and O–H groups in total. The highest BCUT2D eigenvalue weighted by Gasteiger charge is 2.14. The highest BCUT2D eigenvalue weighted by Crippen LogP contribution is 2.15. The summed E-state index contributed by atoms with van der Waals surface area (Å²) in [5, 5.41) is 4.29. The lowest BCUT2D eigenvalue weighted by atomic mass is 9.94. The van der Waals surface area contributed by atoms with Gasteiger partial charge in [0.15, 0.2) is 0 Å². The Morgan fingerprint density at radius 2 is 1.94 bits per heavy atom. The first-order chi connectivity index (χ1) is 8.02. The van der Waals surface area contributed by atoms with E-state index in [0.29, 0.717) is 17.8 Å². The van der Waals surface area contributed by atoms with Crippen molar-refractivity contribution in [1.82, 2.24) is 14.8 Å². The zero-order valence-corrected chi connectivity index (χ0v) is 11.6. The normalized spacial score (nSPS) is 13.6. The van der Waals surface area contributed by atoms with Gasteiger partial charge < -0.3 is 5.73 Å². The topological polar surface area (TPSA) is 56.7 Å². The van der Waals surface area contributed by atoms with Crippen LogP contribution < -0.4 is 5.73 Å². The third-order valence-electron chi connectivity index (χ3n) is 2.84. The van der Waals surface area contributed by atoms with E-state index in [1.54, 1.807) is 6.33 Å². The summed E-state index contributed by atoms with van der Waals surface area (Å²) in [5.41, 5.74) is 5.83. The molecule has 1 unspecified atom stereocenters. The Morgan fingerprint density at radius 3 is 2.47 bits per heavy atom. The van der Waals surface area contributed by atoms with Crippen LogP contribution in [-0.2, 0) is 13.0 Å². The molecule has 0 saturated carbocycles. The molecular formula is C13H26N4. The first-order valence-corrected chi connectivity index (χ1v) is 6.59. The fraction of sp³-hybridized carbons (Fsp3) is 0.846. The Bertz CT molecular complexity index is 317. The molecule has 0 aliphatic carbocycles. The second-order valence-corrected chi connectivity index (χ2v) is 5.69. The molecule has 0 aromatic carbocycles. The maximum absolute atomic E-state index is 5.83. The summed E-state index contributed by atoms with van der Waals surface area (Å²) in [7, 11) is 0. The lowest BCUT2D eigenvalue weighted by Crippen LogP contribution is -2.21. The molecule has 0 fully saturated rings. The van der Waals surface area contributed by atoms with Crippen LogP contribution in [0.1, 0.15) is 39.9 Å². The minimum absolute atomic E-state index is 0.519. The number of hydrogen-bond donors (Lipinski definition) is 1. The van der Waals surface area contributed by atoms with Crippen LogP contribution in [0.3, 0.4) is 0 Å². The summed E-state index contributed by atoms with van der Waals surface area (Å²) in [6, 6.07) is 0. The smallest absolute Gasteiger partial charge is 0.138 e. The molecule has 0 bridgehead atoms. The first kappa shape index (κ1) is 14.2. The van der Waals surface area contributed by atoms with Crippen LogP contribution >= 0.6 is 0 Å². The lowest BCUT2D eigenvalue weighted by Gasteiger charge is -2.17. The van der Waals surface area contributed by atoms with Crippen LogP contribution in [0, 0.1) is 17.8 Å². The van der Waals surface area contributed by atoms with E-state index in [4.69, 9.17) is 5.73 Å². The van der Waals surface area contributed by atoms with Crippen LogP contribution in [-0.4, -0.2) is 21.3 Å². The fourth-order valence-corrected chi connectivity index (χ4v) is 2.13. The van der Waals surface area contributed by atoms with Gasteiger partial charge in [0.1, 0.15) is 12.2 Å². The molecule has 98 valence electrons. The molecule has 1 atom stereocenters. The summed E-state index contributed by atoms with van der Waals surface area (Å²) in [4.78, 5) is 4.36. The molecule has 1 aromatic heterocycles. The molecule has 4 heteroatoms. The van der Waals surface area contributed by atoms with E-state index in [9.17, 15) is 0 Å². The van der Waals surface area contributed by atoms with Gasteiger partial charge in [-0.1, -0.05) is 27.7 Å². The summed E-state index contributed by atoms with van der Waals surface area (Å²) in [5.74, 6) is 2.88. The van der Waals surface area contributed by atoms with Crippen molar-refractivity contribution in [3.05, 3.63) is 12.2 Å². The van der Waals surface area contributed by atoms with Crippen LogP contribution in [0.2, 0.25) is 0 Å². The Kier molecular flexibility index (Phi) is 5.62. The van der Waals surface area contributed by atoms with Crippen molar-refractivity contribution in [3.8, 4) is 0 Å². The van der Waals surface area contributed by atoms with Gasteiger partial charge in [0.2, 0.25) is 0 Å². The maximum Gasteiger partial charge on any atom is 0.138 e. The highest BCUT2D eigenvalue weighted by molar-refractivity contribution is 4.88. The molecule has 0 aliphatic rings. The van der Waals surface area contributed by atoms with Gasteiger partial charge >= 0.3 is 0 Å². The number of aromatic nitrogens is 3. The molecule has 1 heterocycles. The predicted molar refractivity (Wildman–Crippen MR) is 70.6 cm³/mol. The predicted octanol–water partition coefficient (Wildman–Crippen LogP) is 2.10. The Hall–Kier alpha value is -0.900. The maximum atomic E-state index is 5.83. The molecule has 17 heavy (non-hydrogen) atoms. The third-order valence-corrected chi connectivity index (χ3v) is 2.84. The minimum atomic E-state index is 0.519. The molecule has 1 aromatic rings. The number of rotatable bonds is 7. The SMILES string of the molecule is CC(C)CC(CN)Cc1ncnn1CC(C)C. The van der Waals surface area contributed by atoms with Gasteiger partial charge in [-0.25, -0.2) is 9.67 Å². The van der Waals surface area contributed by atoms with Crippen LogP contribution in [0.4, 0.5) is 0 Å². The lowest BCUT2D eigenvalue weighted by molar-refractivity contribution is 0.389. The van der Waals surface area contributed by atoms with Crippen molar-refractivity contribution >= 4 is 0 Å². The van der Waals surface area contributed by atoms with E-state index in [2.05, 4.69) is 37.8 Å². The van der Waals surface area contributed by atoms with Gasteiger partial charge in [-0.3, -0.25) is 0 Å². The number of nitrogens with zero attached hydrogens (tertiary/aromatic N) is 3. The van der Waals surface area contributed by atoms with Crippen molar-refractivity contribution in [2.45, 2.75) is 47.1 Å². The van der Waals surface area contributed by atoms with Crippen molar-refractivity contribution in [1.29, 1.82) is 0 Å². The van der Waals surface area contributed by atoms with Crippen LogP contribution in [0.15, 0.2) is 6.33 Å². The Labute approximate surface area is 105 Å². The molecule has 4 nitrogen and oxygen atoms in total. The average molecular weight is 238 g/mol. The van der Waals surface area contributed by atoms with Crippen molar-refractivity contribution < 1.29 is 0 Å². The van der Waals surface area contributed by atoms with Crippen molar-refractivity contribution in [2.75, 3.05) is 6.54 Å². The Balaban J connectivity index is 2.62. The zero-order chi connectivity index (χ0) is 12.8. The largest absolute Gasteiger partial charge is 0.330 e. The average Bonchev–Trinajstić information content (AvgIpc) is 2.63. The number of nitrogens with two attached hydrogens (primary N) is 1. The summed E-state index contributed by atoms with van der Waals surface area (Å²) in [6.45, 7) is 10.5. The van der Waals surface area contributed by atoms with Gasteiger partial charge in [0.25, 0.3) is 0 Å². The van der Waals surface area contributed by atoms with Crippen LogP contribution in [0.25, 0.3) is 0 Å². The zero-order valence-electron chi connectivity index (χ0n) is 11.6. The van der Waals surface area contributed by atoms with Gasteiger partial charge in [-0.2, -0.15) is 5.10 Å². The first-order valence-electron chi connectivity index (χ1n) is 6.59. The van der Waals surface area contributed by atoms with E-state index >= 15 is 0 Å². The fourth-order valence-electron chi connectivity index (χ4n) is 2.13. The summed E-state index contributed by atoms with van der Waals surface area (Å²) >= 11 is 0. The monoisotopic (exact) mass is 238 g/mol. The van der Waals surface area contributed by atoms with Crippen molar-refractivity contribution in [3.63, 3.8) is 0 Å².